The van der Waals surface area contributed by atoms with Crippen molar-refractivity contribution in [1.29, 1.82) is 0 Å². The van der Waals surface area contributed by atoms with Crippen LogP contribution in [0.2, 0.25) is 0 Å². The molecule has 2 aromatic heterocycles. The molecule has 15 nitrogen and oxygen atoms in total. The molecule has 202 valence electrons. The van der Waals surface area contributed by atoms with Crippen LogP contribution >= 0.6 is 34.9 Å². The SMILES string of the molecule is C#CCn1nnnc1SCC1=C(C(=O)O)N2C(=O)C(NC(=O)/C(=N\OCC=C)c3csc(NC=O)n3)[C@H]2SC1. The van der Waals surface area contributed by atoms with Crippen LogP contribution in [0.1, 0.15) is 5.69 Å². The Balaban J connectivity index is 1.49. The van der Waals surface area contributed by atoms with Crippen LogP contribution in [-0.4, -0.2) is 94.6 Å². The van der Waals surface area contributed by atoms with Crippen LogP contribution in [0.4, 0.5) is 5.13 Å². The number of β-lactam (4-membered cyclic amide) rings is 1. The zero-order valence-corrected chi connectivity index (χ0v) is 22.3. The van der Waals surface area contributed by atoms with Gasteiger partial charge in [-0.3, -0.25) is 19.3 Å². The summed E-state index contributed by atoms with van der Waals surface area (Å²) in [5.41, 5.74) is 0.239. The Bertz CT molecular complexity index is 1410. The van der Waals surface area contributed by atoms with Crippen LogP contribution in [0.15, 0.2) is 39.6 Å². The maximum atomic E-state index is 13.1. The van der Waals surface area contributed by atoms with Gasteiger partial charge in [0.15, 0.2) is 10.8 Å². The lowest BCUT2D eigenvalue weighted by molar-refractivity contribution is -0.150. The number of thioether (sulfide) groups is 2. The number of aromatic nitrogens is 5. The maximum absolute atomic E-state index is 13.1. The molecule has 1 fully saturated rings. The van der Waals surface area contributed by atoms with Crippen LogP contribution in [0.25, 0.3) is 0 Å². The summed E-state index contributed by atoms with van der Waals surface area (Å²) in [4.78, 5) is 59.4. The van der Waals surface area contributed by atoms with Crippen molar-refractivity contribution < 1.29 is 29.1 Å². The van der Waals surface area contributed by atoms with Gasteiger partial charge in [0.05, 0.1) is 0 Å². The first kappa shape index (κ1) is 27.8. The number of tetrazole rings is 1. The molecule has 2 atom stereocenters. The van der Waals surface area contributed by atoms with E-state index in [0.29, 0.717) is 22.9 Å². The fourth-order valence-corrected chi connectivity index (χ4v) is 6.52. The maximum Gasteiger partial charge on any atom is 0.352 e. The third-order valence-corrected chi connectivity index (χ3v) is 8.30. The topological polar surface area (TPSA) is 194 Å². The van der Waals surface area contributed by atoms with Gasteiger partial charge in [0, 0.05) is 16.9 Å². The highest BCUT2D eigenvalue weighted by Gasteiger charge is 2.54. The number of hydrogen-bond acceptors (Lipinski definition) is 13. The van der Waals surface area contributed by atoms with Crippen LogP contribution < -0.4 is 10.6 Å². The van der Waals surface area contributed by atoms with Crippen molar-refractivity contribution in [3.8, 4) is 12.3 Å². The molecular formula is C21H19N9O6S3. The summed E-state index contributed by atoms with van der Waals surface area (Å²) in [6, 6.07) is -1.01. The highest BCUT2D eigenvalue weighted by atomic mass is 32.2. The summed E-state index contributed by atoms with van der Waals surface area (Å²) in [5, 5.41) is 31.4. The lowest BCUT2D eigenvalue weighted by atomic mass is 10.0. The highest BCUT2D eigenvalue weighted by molar-refractivity contribution is 8.01. The minimum atomic E-state index is -1.27. The molecule has 0 saturated carbocycles. The van der Waals surface area contributed by atoms with Gasteiger partial charge in [-0.15, -0.1) is 34.6 Å². The molecule has 1 unspecified atom stereocenters. The fourth-order valence-electron chi connectivity index (χ4n) is 3.50. The number of carboxylic acids is 1. The largest absolute Gasteiger partial charge is 0.477 e. The van der Waals surface area contributed by atoms with Crippen molar-refractivity contribution in [2.75, 3.05) is 23.4 Å². The van der Waals surface area contributed by atoms with E-state index in [-0.39, 0.29) is 41.1 Å². The summed E-state index contributed by atoms with van der Waals surface area (Å²) in [6.45, 7) is 3.68. The van der Waals surface area contributed by atoms with Gasteiger partial charge in [-0.05, 0) is 16.0 Å². The molecule has 0 bridgehead atoms. The predicted molar refractivity (Wildman–Crippen MR) is 142 cm³/mol. The lowest BCUT2D eigenvalue weighted by Crippen LogP contribution is -2.71. The van der Waals surface area contributed by atoms with Crippen LogP contribution in [0.5, 0.6) is 0 Å². The Morgan fingerprint density at radius 1 is 1.46 bits per heavy atom. The molecule has 39 heavy (non-hydrogen) atoms. The second kappa shape index (κ2) is 12.6. The number of terminal acetylenes is 1. The lowest BCUT2D eigenvalue weighted by Gasteiger charge is -2.49. The van der Waals surface area contributed by atoms with Gasteiger partial charge in [-0.2, -0.15) is 0 Å². The summed E-state index contributed by atoms with van der Waals surface area (Å²) < 4.78 is 1.41. The third kappa shape index (κ3) is 5.94. The van der Waals surface area contributed by atoms with Crippen LogP contribution in [0, 0.1) is 12.3 Å². The molecule has 3 N–H and O–H groups in total. The number of oxime groups is 1. The number of carbonyl (C=O) groups excluding carboxylic acids is 3. The van der Waals surface area contributed by atoms with Gasteiger partial charge in [0.25, 0.3) is 11.8 Å². The van der Waals surface area contributed by atoms with E-state index >= 15 is 0 Å². The van der Waals surface area contributed by atoms with Crippen LogP contribution in [0.3, 0.4) is 0 Å². The fraction of sp³-hybridized carbons (Fsp3) is 0.286. The summed E-state index contributed by atoms with van der Waals surface area (Å²) in [5.74, 6) is 0.318. The van der Waals surface area contributed by atoms with Gasteiger partial charge in [-0.25, -0.2) is 14.5 Å². The van der Waals surface area contributed by atoms with Crippen molar-refractivity contribution in [2.24, 2.45) is 5.16 Å². The Kier molecular flexibility index (Phi) is 8.96. The van der Waals surface area contributed by atoms with Gasteiger partial charge in [-0.1, -0.05) is 35.5 Å². The molecule has 4 rings (SSSR count). The average Bonchev–Trinajstić information content (AvgIpc) is 3.57. The Hall–Kier alpha value is -4.21. The Morgan fingerprint density at radius 3 is 3.00 bits per heavy atom. The molecule has 0 aliphatic carbocycles. The van der Waals surface area contributed by atoms with E-state index in [2.05, 4.69) is 48.8 Å². The molecule has 0 aromatic carbocycles. The normalized spacial score (nSPS) is 18.5. The van der Waals surface area contributed by atoms with E-state index in [0.717, 1.165) is 16.2 Å². The number of carbonyl (C=O) groups is 4. The van der Waals surface area contributed by atoms with Gasteiger partial charge >= 0.3 is 5.97 Å². The second-order valence-electron chi connectivity index (χ2n) is 7.55. The Morgan fingerprint density at radius 2 is 2.28 bits per heavy atom. The summed E-state index contributed by atoms with van der Waals surface area (Å²) >= 11 is 3.56. The molecule has 2 aliphatic rings. The average molecular weight is 590 g/mol. The molecule has 2 aliphatic heterocycles. The van der Waals surface area contributed by atoms with Crippen molar-refractivity contribution >= 4 is 69.9 Å². The van der Waals surface area contributed by atoms with Crippen LogP contribution in [-0.2, 0) is 30.6 Å². The quantitative estimate of drug-likeness (QED) is 0.0407. The minimum absolute atomic E-state index is 0.0115. The molecule has 4 heterocycles. The van der Waals surface area contributed by atoms with E-state index < -0.39 is 29.2 Å². The third-order valence-electron chi connectivity index (χ3n) is 5.14. The molecule has 1 saturated heterocycles. The first-order valence-electron chi connectivity index (χ1n) is 10.9. The molecule has 0 spiro atoms. The zero-order valence-electron chi connectivity index (χ0n) is 19.8. The number of hydrogen-bond donors (Lipinski definition) is 3. The number of nitrogens with one attached hydrogen (secondary N) is 2. The number of thiazole rings is 1. The minimum Gasteiger partial charge on any atom is -0.477 e. The van der Waals surface area contributed by atoms with Crippen molar-refractivity contribution in [3.63, 3.8) is 0 Å². The number of carboxylic acid groups (broad SMARTS) is 1. The van der Waals surface area contributed by atoms with E-state index in [9.17, 15) is 24.3 Å². The summed E-state index contributed by atoms with van der Waals surface area (Å²) in [7, 11) is 0. The number of amides is 3. The number of aliphatic carboxylic acids is 1. The first-order chi connectivity index (χ1) is 18.9. The van der Waals surface area contributed by atoms with E-state index in [1.807, 2.05) is 0 Å². The number of anilines is 1. The van der Waals surface area contributed by atoms with Crippen molar-refractivity contribution in [2.45, 2.75) is 23.1 Å². The molecule has 18 heteroatoms. The van der Waals surface area contributed by atoms with E-state index in [4.69, 9.17) is 11.3 Å². The standard InChI is InChI=1S/C21H19N9O6S3/c1-3-5-29-21(25-27-28-29)39-8-11-7-37-18-14(17(33)30(18)15(11)19(34)35)24-16(32)13(26-36-6-4-2)12-9-38-20(23-12)22-10-31/h1,4,9-10,14,18H,2,5-8H2,(H,24,32)(H,34,35)(H,22,23,31)/b26-13-/t14?,18-/m1/s1. The summed E-state index contributed by atoms with van der Waals surface area (Å²) in [6.07, 6.45) is 7.18. The smallest absolute Gasteiger partial charge is 0.352 e. The predicted octanol–water partition coefficient (Wildman–Crippen LogP) is -0.231. The molecule has 3 amide bonds. The molecule has 0 radical (unpaired) electrons. The van der Waals surface area contributed by atoms with Crippen molar-refractivity contribution in [1.82, 2.24) is 35.4 Å². The van der Waals surface area contributed by atoms with Gasteiger partial charge < -0.3 is 20.6 Å². The van der Waals surface area contributed by atoms with Gasteiger partial charge in [0.2, 0.25) is 11.6 Å². The van der Waals surface area contributed by atoms with Crippen molar-refractivity contribution in [3.05, 3.63) is 35.0 Å². The number of rotatable bonds is 13. The number of fused-ring (bicyclic) bond motifs is 1. The monoisotopic (exact) mass is 589 g/mol. The second-order valence-corrected chi connectivity index (χ2v) is 10.5. The molecule has 2 aromatic rings. The Labute approximate surface area is 233 Å². The first-order valence-corrected chi connectivity index (χ1v) is 13.8. The highest BCUT2D eigenvalue weighted by Crippen LogP contribution is 2.41. The van der Waals surface area contributed by atoms with E-state index in [1.54, 1.807) is 0 Å². The number of nitrogens with zero attached hydrogens (tertiary/aromatic N) is 7. The zero-order chi connectivity index (χ0) is 27.9. The molecular weight excluding hydrogens is 570 g/mol. The van der Waals surface area contributed by atoms with Gasteiger partial charge in [0.1, 0.15) is 36.0 Å². The van der Waals surface area contributed by atoms with E-state index in [1.165, 1.54) is 39.7 Å².